The number of nitrogens with zero attached hydrogens (tertiary/aromatic N) is 1. The van der Waals surface area contributed by atoms with Crippen LogP contribution in [0.1, 0.15) is 37.3 Å². The average Bonchev–Trinajstić information content (AvgIpc) is 2.26. The molecule has 1 atom stereocenters. The molecule has 0 amide bonds. The molecule has 0 aromatic heterocycles. The quantitative estimate of drug-likeness (QED) is 0.788. The molecule has 3 heteroatoms. The van der Waals surface area contributed by atoms with Gasteiger partial charge in [0.2, 0.25) is 0 Å². The maximum atomic E-state index is 10.8. The number of carboxylic acids is 1. The first-order valence-corrected chi connectivity index (χ1v) is 6.46. The van der Waals surface area contributed by atoms with E-state index in [-0.39, 0.29) is 6.54 Å². The van der Waals surface area contributed by atoms with Crippen LogP contribution in [0.4, 0.5) is 0 Å². The lowest BCUT2D eigenvalue weighted by Gasteiger charge is -2.27. The molecule has 100 valence electrons. The van der Waals surface area contributed by atoms with Crippen LogP contribution >= 0.6 is 0 Å². The number of rotatable bonds is 6. The topological polar surface area (TPSA) is 37.3 Å². The smallest absolute Gasteiger partial charge is 0.359 e. The first-order chi connectivity index (χ1) is 8.34. The molecule has 0 saturated heterocycles. The summed E-state index contributed by atoms with van der Waals surface area (Å²) in [5.41, 5.74) is 2.54. The third-order valence-electron chi connectivity index (χ3n) is 3.34. The summed E-state index contributed by atoms with van der Waals surface area (Å²) in [5, 5.41) is 8.86. The number of hydrogen-bond acceptors (Lipinski definition) is 1. The van der Waals surface area contributed by atoms with E-state index in [1.807, 2.05) is 14.1 Å². The molecule has 1 N–H and O–H groups in total. The molecule has 0 bridgehead atoms. The number of quaternary nitrogens is 1. The first kappa shape index (κ1) is 14.7. The predicted octanol–water partition coefficient (Wildman–Crippen LogP) is 2.86. The van der Waals surface area contributed by atoms with Crippen LogP contribution in [0.3, 0.4) is 0 Å². The largest absolute Gasteiger partial charge is 0.477 e. The summed E-state index contributed by atoms with van der Waals surface area (Å²) < 4.78 is 0.470. The van der Waals surface area contributed by atoms with Gasteiger partial charge >= 0.3 is 5.97 Å². The third-order valence-corrected chi connectivity index (χ3v) is 3.34. The van der Waals surface area contributed by atoms with E-state index in [0.29, 0.717) is 10.4 Å². The molecule has 3 nitrogen and oxygen atoms in total. The van der Waals surface area contributed by atoms with Gasteiger partial charge in [-0.05, 0) is 17.9 Å². The second-order valence-corrected chi connectivity index (χ2v) is 5.70. The number of benzene rings is 1. The molecule has 0 aliphatic heterocycles. The fourth-order valence-electron chi connectivity index (χ4n) is 2.10. The molecule has 0 aliphatic rings. The standard InChI is InChI=1S/C15H23NO2/c1-5-12(2)14-8-6-13(7-9-14)10-16(3,4)11-15(17)18/h6-9,12H,5,10-11H2,1-4H3/p+1. The molecule has 1 rings (SSSR count). The lowest BCUT2D eigenvalue weighted by molar-refractivity contribution is -0.896. The highest BCUT2D eigenvalue weighted by Crippen LogP contribution is 2.19. The van der Waals surface area contributed by atoms with Gasteiger partial charge in [0.1, 0.15) is 6.54 Å². The van der Waals surface area contributed by atoms with Gasteiger partial charge in [-0.2, -0.15) is 0 Å². The average molecular weight is 250 g/mol. The SMILES string of the molecule is CCC(C)c1ccc(C[N+](C)(C)CC(=O)O)cc1. The van der Waals surface area contributed by atoms with Crippen molar-refractivity contribution in [2.45, 2.75) is 32.7 Å². The lowest BCUT2D eigenvalue weighted by atomic mass is 9.97. The van der Waals surface area contributed by atoms with Crippen LogP contribution in [0.2, 0.25) is 0 Å². The zero-order valence-electron chi connectivity index (χ0n) is 11.8. The Labute approximate surface area is 110 Å². The summed E-state index contributed by atoms with van der Waals surface area (Å²) in [6.45, 7) is 5.30. The molecule has 1 unspecified atom stereocenters. The van der Waals surface area contributed by atoms with Crippen molar-refractivity contribution >= 4 is 5.97 Å². The van der Waals surface area contributed by atoms with Gasteiger partial charge in [0.05, 0.1) is 14.1 Å². The molecule has 1 aromatic rings. The second kappa shape index (κ2) is 6.01. The Morgan fingerprint density at radius 1 is 1.28 bits per heavy atom. The zero-order chi connectivity index (χ0) is 13.8. The molecule has 0 aliphatic carbocycles. The molecule has 0 saturated carbocycles. The van der Waals surface area contributed by atoms with Crippen LogP contribution in [-0.2, 0) is 11.3 Å². The maximum absolute atomic E-state index is 10.8. The Morgan fingerprint density at radius 3 is 2.28 bits per heavy atom. The lowest BCUT2D eigenvalue weighted by Crippen LogP contribution is -2.42. The Bertz CT molecular complexity index is 395. The van der Waals surface area contributed by atoms with Crippen LogP contribution in [0.15, 0.2) is 24.3 Å². The van der Waals surface area contributed by atoms with Gasteiger partial charge < -0.3 is 9.59 Å². The van der Waals surface area contributed by atoms with Crippen molar-refractivity contribution in [2.24, 2.45) is 0 Å². The summed E-state index contributed by atoms with van der Waals surface area (Å²) >= 11 is 0. The Hall–Kier alpha value is -1.35. The molecule has 1 aromatic carbocycles. The van der Waals surface area contributed by atoms with E-state index in [4.69, 9.17) is 5.11 Å². The Morgan fingerprint density at radius 2 is 1.83 bits per heavy atom. The maximum Gasteiger partial charge on any atom is 0.359 e. The van der Waals surface area contributed by atoms with Crippen molar-refractivity contribution in [3.05, 3.63) is 35.4 Å². The van der Waals surface area contributed by atoms with Crippen LogP contribution < -0.4 is 0 Å². The van der Waals surface area contributed by atoms with E-state index in [1.165, 1.54) is 11.1 Å². The fourth-order valence-corrected chi connectivity index (χ4v) is 2.10. The molecule has 0 spiro atoms. The van der Waals surface area contributed by atoms with Crippen molar-refractivity contribution < 1.29 is 14.4 Å². The van der Waals surface area contributed by atoms with Crippen LogP contribution in [-0.4, -0.2) is 36.2 Å². The first-order valence-electron chi connectivity index (χ1n) is 6.46. The van der Waals surface area contributed by atoms with E-state index in [9.17, 15) is 4.79 Å². The van der Waals surface area contributed by atoms with E-state index in [1.54, 1.807) is 0 Å². The van der Waals surface area contributed by atoms with Gasteiger partial charge in [-0.3, -0.25) is 0 Å². The number of hydrogen-bond donors (Lipinski definition) is 1. The van der Waals surface area contributed by atoms with Crippen LogP contribution in [0.5, 0.6) is 0 Å². The summed E-state index contributed by atoms with van der Waals surface area (Å²) in [4.78, 5) is 10.8. The van der Waals surface area contributed by atoms with Gasteiger partial charge in [0.25, 0.3) is 0 Å². The minimum absolute atomic E-state index is 0.146. The highest BCUT2D eigenvalue weighted by atomic mass is 16.4. The third kappa shape index (κ3) is 4.49. The summed E-state index contributed by atoms with van der Waals surface area (Å²) in [6.07, 6.45) is 1.14. The van der Waals surface area contributed by atoms with Crippen molar-refractivity contribution in [3.63, 3.8) is 0 Å². The molecular formula is C15H24NO2+. The van der Waals surface area contributed by atoms with Crippen LogP contribution in [0, 0.1) is 0 Å². The molecular weight excluding hydrogens is 226 g/mol. The Kier molecular flexibility index (Phi) is 4.91. The number of carbonyl (C=O) groups is 1. The predicted molar refractivity (Wildman–Crippen MR) is 73.5 cm³/mol. The van der Waals surface area contributed by atoms with Crippen molar-refractivity contribution in [1.29, 1.82) is 0 Å². The van der Waals surface area contributed by atoms with Crippen molar-refractivity contribution in [1.82, 2.24) is 0 Å². The van der Waals surface area contributed by atoms with Gasteiger partial charge in [0.15, 0.2) is 6.54 Å². The number of aliphatic carboxylic acids is 1. The highest BCUT2D eigenvalue weighted by molar-refractivity contribution is 5.67. The van der Waals surface area contributed by atoms with Gasteiger partial charge in [-0.1, -0.05) is 38.1 Å². The second-order valence-electron chi connectivity index (χ2n) is 5.70. The van der Waals surface area contributed by atoms with Crippen molar-refractivity contribution in [2.75, 3.05) is 20.6 Å². The Balaban J connectivity index is 2.71. The van der Waals surface area contributed by atoms with E-state index in [0.717, 1.165) is 13.0 Å². The van der Waals surface area contributed by atoms with Crippen LogP contribution in [0.25, 0.3) is 0 Å². The normalized spacial score (nSPS) is 13.3. The van der Waals surface area contributed by atoms with Gasteiger partial charge in [0, 0.05) is 5.56 Å². The van der Waals surface area contributed by atoms with Gasteiger partial charge in [-0.15, -0.1) is 0 Å². The number of likely N-dealkylation sites (N-methyl/N-ethyl adjacent to an activating group) is 1. The number of carboxylic acid groups (broad SMARTS) is 1. The molecule has 0 heterocycles. The van der Waals surface area contributed by atoms with E-state index < -0.39 is 5.97 Å². The fraction of sp³-hybridized carbons (Fsp3) is 0.533. The van der Waals surface area contributed by atoms with E-state index in [2.05, 4.69) is 38.1 Å². The zero-order valence-corrected chi connectivity index (χ0v) is 11.8. The monoisotopic (exact) mass is 250 g/mol. The highest BCUT2D eigenvalue weighted by Gasteiger charge is 2.19. The molecule has 0 radical (unpaired) electrons. The molecule has 0 fully saturated rings. The minimum Gasteiger partial charge on any atom is -0.477 e. The van der Waals surface area contributed by atoms with E-state index >= 15 is 0 Å². The minimum atomic E-state index is -0.753. The molecule has 18 heavy (non-hydrogen) atoms. The summed E-state index contributed by atoms with van der Waals surface area (Å²) in [5.74, 6) is -0.170. The summed E-state index contributed by atoms with van der Waals surface area (Å²) in [6, 6.07) is 8.54. The van der Waals surface area contributed by atoms with Crippen molar-refractivity contribution in [3.8, 4) is 0 Å². The summed E-state index contributed by atoms with van der Waals surface area (Å²) in [7, 11) is 3.88. The van der Waals surface area contributed by atoms with Gasteiger partial charge in [-0.25, -0.2) is 4.79 Å².